The van der Waals surface area contributed by atoms with Gasteiger partial charge in [0.1, 0.15) is 0 Å². The standard InChI is InChI=1S/C15H16N2OS2/c1-16(2)13-9-7-12(8-10-13)11-17-19-14-5-3-4-6-15(14)20(17)18/h3-10H,11H2,1-2H3. The van der Waals surface area contributed by atoms with E-state index in [9.17, 15) is 4.55 Å². The van der Waals surface area contributed by atoms with Gasteiger partial charge in [0.05, 0.1) is 22.8 Å². The Kier molecular flexibility index (Phi) is 3.94. The van der Waals surface area contributed by atoms with Crippen LogP contribution in [-0.4, -0.2) is 22.4 Å². The molecule has 0 amide bonds. The van der Waals surface area contributed by atoms with Crippen LogP contribution in [0.2, 0.25) is 0 Å². The molecule has 1 aliphatic heterocycles. The van der Waals surface area contributed by atoms with Crippen molar-refractivity contribution in [3.63, 3.8) is 0 Å². The fourth-order valence-corrected chi connectivity index (χ4v) is 4.79. The fraction of sp³-hybridized carbons (Fsp3) is 0.200. The van der Waals surface area contributed by atoms with E-state index in [1.807, 2.05) is 42.1 Å². The van der Waals surface area contributed by atoms with Gasteiger partial charge in [-0.25, -0.2) is 0 Å². The van der Waals surface area contributed by atoms with Crippen molar-refractivity contribution in [1.29, 1.82) is 0 Å². The van der Waals surface area contributed by atoms with Gasteiger partial charge in [0.2, 0.25) is 0 Å². The molecule has 0 fully saturated rings. The van der Waals surface area contributed by atoms with E-state index in [4.69, 9.17) is 0 Å². The van der Waals surface area contributed by atoms with E-state index in [0.717, 1.165) is 9.79 Å². The van der Waals surface area contributed by atoms with Gasteiger partial charge >= 0.3 is 0 Å². The van der Waals surface area contributed by atoms with Gasteiger partial charge in [-0.3, -0.25) is 0 Å². The van der Waals surface area contributed by atoms with Crippen LogP contribution in [0.15, 0.2) is 58.3 Å². The van der Waals surface area contributed by atoms with Gasteiger partial charge in [-0.2, -0.15) is 0 Å². The van der Waals surface area contributed by atoms with E-state index in [2.05, 4.69) is 29.2 Å². The van der Waals surface area contributed by atoms with Crippen molar-refractivity contribution >= 4 is 29.0 Å². The lowest BCUT2D eigenvalue weighted by molar-refractivity contribution is 0.544. The molecule has 5 heteroatoms. The number of nitrogens with zero attached hydrogens (tertiary/aromatic N) is 2. The Morgan fingerprint density at radius 3 is 2.45 bits per heavy atom. The molecule has 1 unspecified atom stereocenters. The van der Waals surface area contributed by atoms with Crippen LogP contribution in [0.3, 0.4) is 0 Å². The summed E-state index contributed by atoms with van der Waals surface area (Å²) in [6.45, 7) is 0.680. The molecule has 2 aromatic carbocycles. The zero-order valence-corrected chi connectivity index (χ0v) is 13.1. The molecule has 0 radical (unpaired) electrons. The highest BCUT2D eigenvalue weighted by atomic mass is 32.3. The Hall–Kier alpha value is -1.14. The third-order valence-corrected chi connectivity index (χ3v) is 6.06. The second-order valence-corrected chi connectivity index (χ2v) is 7.51. The molecule has 3 nitrogen and oxygen atoms in total. The highest BCUT2D eigenvalue weighted by molar-refractivity contribution is 8.11. The Balaban J connectivity index is 1.73. The normalized spacial score (nSPS) is 18.1. The lowest BCUT2D eigenvalue weighted by Crippen LogP contribution is -2.19. The number of rotatable bonds is 3. The van der Waals surface area contributed by atoms with Crippen LogP contribution in [0, 0.1) is 0 Å². The van der Waals surface area contributed by atoms with Crippen molar-refractivity contribution in [1.82, 2.24) is 3.71 Å². The number of fused-ring (bicyclic) bond motifs is 1. The van der Waals surface area contributed by atoms with Crippen molar-refractivity contribution in [2.45, 2.75) is 16.3 Å². The number of benzene rings is 2. The SMILES string of the molecule is CN(C)c1ccc(CN2Sc3ccccc3[S+]2[O-])cc1. The first-order valence-electron chi connectivity index (χ1n) is 6.38. The zero-order chi connectivity index (χ0) is 14.1. The molecule has 1 aliphatic rings. The van der Waals surface area contributed by atoms with Gasteiger partial charge in [0, 0.05) is 31.7 Å². The minimum atomic E-state index is -1.06. The lowest BCUT2D eigenvalue weighted by Gasteiger charge is -2.16. The van der Waals surface area contributed by atoms with Crippen LogP contribution in [-0.2, 0) is 17.9 Å². The monoisotopic (exact) mass is 304 g/mol. The second kappa shape index (κ2) is 5.69. The van der Waals surface area contributed by atoms with E-state index in [-0.39, 0.29) is 0 Å². The summed E-state index contributed by atoms with van der Waals surface area (Å²) in [4.78, 5) is 4.08. The summed E-state index contributed by atoms with van der Waals surface area (Å²) in [5.41, 5.74) is 2.34. The van der Waals surface area contributed by atoms with Crippen molar-refractivity contribution < 1.29 is 4.55 Å². The topological polar surface area (TPSA) is 29.5 Å². The Morgan fingerprint density at radius 1 is 1.10 bits per heavy atom. The molecule has 104 valence electrons. The van der Waals surface area contributed by atoms with Crippen LogP contribution in [0.5, 0.6) is 0 Å². The number of hydrogen-bond acceptors (Lipinski definition) is 4. The summed E-state index contributed by atoms with van der Waals surface area (Å²) in [6.07, 6.45) is 0. The van der Waals surface area contributed by atoms with Gasteiger partial charge in [-0.05, 0) is 29.8 Å². The Labute approximate surface area is 127 Å². The summed E-state index contributed by atoms with van der Waals surface area (Å²) in [6, 6.07) is 16.2. The molecule has 2 aromatic rings. The van der Waals surface area contributed by atoms with E-state index in [0.29, 0.717) is 6.54 Å². The first kappa shape index (κ1) is 13.8. The summed E-state index contributed by atoms with van der Waals surface area (Å²) in [5, 5.41) is 0. The van der Waals surface area contributed by atoms with E-state index in [1.54, 1.807) is 11.9 Å². The van der Waals surface area contributed by atoms with Crippen LogP contribution < -0.4 is 4.90 Å². The molecule has 0 saturated heterocycles. The maximum absolute atomic E-state index is 12.4. The largest absolute Gasteiger partial charge is 0.592 e. The first-order valence-corrected chi connectivity index (χ1v) is 8.26. The van der Waals surface area contributed by atoms with E-state index in [1.165, 1.54) is 11.3 Å². The second-order valence-electron chi connectivity index (χ2n) is 4.84. The summed E-state index contributed by atoms with van der Waals surface area (Å²) >= 11 is 0.508. The number of hydrogen-bond donors (Lipinski definition) is 0. The minimum Gasteiger partial charge on any atom is -0.592 e. The van der Waals surface area contributed by atoms with Gasteiger partial charge in [0.15, 0.2) is 4.90 Å². The van der Waals surface area contributed by atoms with Crippen LogP contribution in [0.4, 0.5) is 5.69 Å². The van der Waals surface area contributed by atoms with Crippen LogP contribution in [0.1, 0.15) is 5.56 Å². The molecule has 1 heterocycles. The highest BCUT2D eigenvalue weighted by Crippen LogP contribution is 2.42. The predicted molar refractivity (Wildman–Crippen MR) is 85.0 cm³/mol. The fourth-order valence-electron chi connectivity index (χ4n) is 2.06. The van der Waals surface area contributed by atoms with Gasteiger partial charge in [0.25, 0.3) is 0 Å². The summed E-state index contributed by atoms with van der Waals surface area (Å²) in [5.74, 6) is 0. The van der Waals surface area contributed by atoms with E-state index < -0.39 is 11.4 Å². The number of anilines is 1. The Morgan fingerprint density at radius 2 is 1.80 bits per heavy atom. The highest BCUT2D eigenvalue weighted by Gasteiger charge is 2.34. The molecular weight excluding hydrogens is 288 g/mol. The molecule has 0 bridgehead atoms. The average Bonchev–Trinajstić information content (AvgIpc) is 2.77. The molecule has 20 heavy (non-hydrogen) atoms. The quantitative estimate of drug-likeness (QED) is 0.643. The van der Waals surface area contributed by atoms with Crippen LogP contribution in [0.25, 0.3) is 0 Å². The van der Waals surface area contributed by atoms with Gasteiger partial charge in [-0.15, -0.1) is 0 Å². The first-order chi connectivity index (χ1) is 9.65. The molecule has 1 atom stereocenters. The molecule has 0 spiro atoms. The van der Waals surface area contributed by atoms with Crippen molar-refractivity contribution in [3.05, 3.63) is 54.1 Å². The smallest absolute Gasteiger partial charge is 0.190 e. The lowest BCUT2D eigenvalue weighted by atomic mass is 10.2. The van der Waals surface area contributed by atoms with Gasteiger partial charge < -0.3 is 9.45 Å². The van der Waals surface area contributed by atoms with Gasteiger partial charge in [-0.1, -0.05) is 28.0 Å². The Bertz CT molecular complexity index is 601. The molecule has 0 N–H and O–H groups in total. The minimum absolute atomic E-state index is 0.680. The van der Waals surface area contributed by atoms with E-state index >= 15 is 0 Å². The summed E-state index contributed by atoms with van der Waals surface area (Å²) in [7, 11) is 4.05. The predicted octanol–water partition coefficient (Wildman–Crippen LogP) is 3.30. The molecule has 0 aliphatic carbocycles. The molecular formula is C15H16N2OS2. The van der Waals surface area contributed by atoms with Crippen molar-refractivity contribution in [3.8, 4) is 0 Å². The molecule has 0 aromatic heterocycles. The van der Waals surface area contributed by atoms with Crippen molar-refractivity contribution in [2.24, 2.45) is 0 Å². The molecule has 3 rings (SSSR count). The summed E-state index contributed by atoms with van der Waals surface area (Å²) < 4.78 is 14.3. The zero-order valence-electron chi connectivity index (χ0n) is 11.4. The third-order valence-electron chi connectivity index (χ3n) is 3.19. The van der Waals surface area contributed by atoms with Crippen LogP contribution >= 0.6 is 11.9 Å². The van der Waals surface area contributed by atoms with Crippen molar-refractivity contribution in [2.75, 3.05) is 19.0 Å². The maximum Gasteiger partial charge on any atom is 0.190 e. The average molecular weight is 304 g/mol. The maximum atomic E-state index is 12.4. The molecule has 0 saturated carbocycles. The third kappa shape index (κ3) is 2.67.